The molecule has 0 bridgehead atoms. The first-order valence-electron chi connectivity index (χ1n) is 6.81. The molecule has 1 aromatic carbocycles. The number of hydrogen-bond acceptors (Lipinski definition) is 3. The van der Waals surface area contributed by atoms with Gasteiger partial charge in [-0.2, -0.15) is 0 Å². The first kappa shape index (κ1) is 16.1. The number of benzene rings is 1. The number of hydrogen-bond donors (Lipinski definition) is 2. The molecule has 0 fully saturated rings. The number of aliphatic carboxylic acids is 1. The minimum atomic E-state index is -0.725. The maximum absolute atomic E-state index is 11.2. The lowest BCUT2D eigenvalue weighted by molar-refractivity contribution is -0.136. The Morgan fingerprint density at radius 3 is 2.74 bits per heavy atom. The van der Waals surface area contributed by atoms with Crippen LogP contribution < -0.4 is 5.32 Å². The van der Waals surface area contributed by atoms with Gasteiger partial charge in [-0.05, 0) is 37.6 Å². The van der Waals surface area contributed by atoms with Crippen molar-refractivity contribution < 1.29 is 9.90 Å². The summed E-state index contributed by atoms with van der Waals surface area (Å²) in [6.07, 6.45) is 1.59. The smallest absolute Gasteiger partial charge is 0.316 e. The van der Waals surface area contributed by atoms with Gasteiger partial charge in [-0.1, -0.05) is 32.4 Å². The van der Waals surface area contributed by atoms with Gasteiger partial charge in [-0.25, -0.2) is 0 Å². The minimum absolute atomic E-state index is 0.292. The van der Waals surface area contributed by atoms with Crippen LogP contribution in [0.15, 0.2) is 29.2 Å². The summed E-state index contributed by atoms with van der Waals surface area (Å²) in [6, 6.07) is 8.44. The van der Waals surface area contributed by atoms with Crippen LogP contribution in [0, 0.1) is 0 Å². The third-order valence-corrected chi connectivity index (χ3v) is 4.22. The molecule has 2 N–H and O–H groups in total. The van der Waals surface area contributed by atoms with Crippen molar-refractivity contribution >= 4 is 17.7 Å². The summed E-state index contributed by atoms with van der Waals surface area (Å²) in [6.45, 7) is 7.14. The Morgan fingerprint density at radius 1 is 1.42 bits per heavy atom. The lowest BCUT2D eigenvalue weighted by atomic mass is 10.1. The van der Waals surface area contributed by atoms with E-state index in [9.17, 15) is 9.90 Å². The van der Waals surface area contributed by atoms with Gasteiger partial charge in [-0.3, -0.25) is 4.79 Å². The van der Waals surface area contributed by atoms with E-state index in [0.717, 1.165) is 17.9 Å². The fourth-order valence-corrected chi connectivity index (χ4v) is 3.08. The second kappa shape index (κ2) is 8.23. The van der Waals surface area contributed by atoms with Gasteiger partial charge < -0.3 is 10.4 Å². The lowest BCUT2D eigenvalue weighted by Crippen LogP contribution is -2.18. The molecule has 0 aliphatic heterocycles. The van der Waals surface area contributed by atoms with Crippen molar-refractivity contribution in [2.45, 2.75) is 49.8 Å². The summed E-state index contributed by atoms with van der Waals surface area (Å²) >= 11 is 1.44. The van der Waals surface area contributed by atoms with E-state index in [1.807, 2.05) is 19.1 Å². The van der Waals surface area contributed by atoms with Crippen LogP contribution in [0.25, 0.3) is 0 Å². The average Bonchev–Trinajstić information content (AvgIpc) is 2.39. The molecule has 106 valence electrons. The topological polar surface area (TPSA) is 49.3 Å². The number of carboxylic acid groups (broad SMARTS) is 1. The van der Waals surface area contributed by atoms with Crippen molar-refractivity contribution in [3.05, 3.63) is 29.8 Å². The molecule has 1 aromatic rings. The monoisotopic (exact) mass is 281 g/mol. The van der Waals surface area contributed by atoms with Gasteiger partial charge in [0.25, 0.3) is 0 Å². The van der Waals surface area contributed by atoms with Crippen LogP contribution in [0.5, 0.6) is 0 Å². The number of carbonyl (C=O) groups is 1. The summed E-state index contributed by atoms with van der Waals surface area (Å²) in [4.78, 5) is 12.2. The fraction of sp³-hybridized carbons (Fsp3) is 0.533. The Balaban J connectivity index is 2.78. The van der Waals surface area contributed by atoms with Crippen molar-refractivity contribution in [3.8, 4) is 0 Å². The summed E-state index contributed by atoms with van der Waals surface area (Å²) in [5.74, 6) is -0.725. The van der Waals surface area contributed by atoms with E-state index in [1.54, 1.807) is 0 Å². The minimum Gasteiger partial charge on any atom is -0.480 e. The van der Waals surface area contributed by atoms with E-state index in [2.05, 4.69) is 31.3 Å². The van der Waals surface area contributed by atoms with E-state index < -0.39 is 5.97 Å². The molecular weight excluding hydrogens is 258 g/mol. The Kier molecular flexibility index (Phi) is 6.95. The number of rotatable bonds is 8. The Labute approximate surface area is 119 Å². The maximum Gasteiger partial charge on any atom is 0.316 e. The van der Waals surface area contributed by atoms with Crippen LogP contribution >= 0.6 is 11.8 Å². The molecule has 2 unspecified atom stereocenters. The largest absolute Gasteiger partial charge is 0.480 e. The van der Waals surface area contributed by atoms with Crippen molar-refractivity contribution in [1.29, 1.82) is 0 Å². The Bertz CT molecular complexity index is 409. The molecule has 0 radical (unpaired) electrons. The second-order valence-corrected chi connectivity index (χ2v) is 5.86. The van der Waals surface area contributed by atoms with Crippen molar-refractivity contribution in [3.63, 3.8) is 0 Å². The fourth-order valence-electron chi connectivity index (χ4n) is 1.94. The standard InChI is InChI=1S/C15H23NO2S/c1-4-7-14(15(17)18)19-13-9-6-8-12(10-13)11(3)16-5-2/h6,8-11,14,16H,4-5,7H2,1-3H3,(H,17,18). The van der Waals surface area contributed by atoms with Crippen LogP contribution in [0.1, 0.15) is 45.2 Å². The first-order chi connectivity index (χ1) is 9.08. The molecule has 0 aliphatic rings. The normalized spacial score (nSPS) is 14.1. The van der Waals surface area contributed by atoms with Gasteiger partial charge in [0.1, 0.15) is 5.25 Å². The Morgan fingerprint density at radius 2 is 2.16 bits per heavy atom. The van der Waals surface area contributed by atoms with Crippen molar-refractivity contribution in [1.82, 2.24) is 5.32 Å². The zero-order valence-corrected chi connectivity index (χ0v) is 12.7. The molecule has 0 heterocycles. The van der Waals surface area contributed by atoms with Crippen LogP contribution in [-0.2, 0) is 4.79 Å². The average molecular weight is 281 g/mol. The van der Waals surface area contributed by atoms with Gasteiger partial charge in [-0.15, -0.1) is 11.8 Å². The first-order valence-corrected chi connectivity index (χ1v) is 7.69. The van der Waals surface area contributed by atoms with E-state index in [0.29, 0.717) is 12.5 Å². The molecule has 0 amide bonds. The molecule has 4 heteroatoms. The van der Waals surface area contributed by atoms with Gasteiger partial charge >= 0.3 is 5.97 Å². The van der Waals surface area contributed by atoms with Crippen LogP contribution in [0.3, 0.4) is 0 Å². The van der Waals surface area contributed by atoms with Gasteiger partial charge in [0.05, 0.1) is 0 Å². The highest BCUT2D eigenvalue weighted by Crippen LogP contribution is 2.28. The highest BCUT2D eigenvalue weighted by Gasteiger charge is 2.18. The quantitative estimate of drug-likeness (QED) is 0.713. The van der Waals surface area contributed by atoms with Gasteiger partial charge in [0, 0.05) is 10.9 Å². The van der Waals surface area contributed by atoms with E-state index >= 15 is 0 Å². The van der Waals surface area contributed by atoms with Crippen LogP contribution in [-0.4, -0.2) is 22.9 Å². The maximum atomic E-state index is 11.2. The summed E-state index contributed by atoms with van der Waals surface area (Å²) in [5, 5.41) is 12.2. The lowest BCUT2D eigenvalue weighted by Gasteiger charge is -2.15. The SMILES string of the molecule is CCCC(Sc1cccc(C(C)NCC)c1)C(=O)O. The highest BCUT2D eigenvalue weighted by molar-refractivity contribution is 8.00. The second-order valence-electron chi connectivity index (χ2n) is 4.59. The molecule has 3 nitrogen and oxygen atoms in total. The van der Waals surface area contributed by atoms with E-state index in [1.165, 1.54) is 17.3 Å². The predicted molar refractivity (Wildman–Crippen MR) is 80.7 cm³/mol. The van der Waals surface area contributed by atoms with Crippen LogP contribution in [0.2, 0.25) is 0 Å². The molecule has 2 atom stereocenters. The number of carboxylic acids is 1. The highest BCUT2D eigenvalue weighted by atomic mass is 32.2. The molecule has 0 spiro atoms. The number of thioether (sulfide) groups is 1. The molecule has 19 heavy (non-hydrogen) atoms. The van der Waals surface area contributed by atoms with Gasteiger partial charge in [0.2, 0.25) is 0 Å². The van der Waals surface area contributed by atoms with E-state index in [-0.39, 0.29) is 5.25 Å². The summed E-state index contributed by atoms with van der Waals surface area (Å²) < 4.78 is 0. The third kappa shape index (κ3) is 5.25. The van der Waals surface area contributed by atoms with Gasteiger partial charge in [0.15, 0.2) is 0 Å². The molecule has 0 saturated heterocycles. The number of nitrogens with one attached hydrogen (secondary N) is 1. The molecule has 0 aliphatic carbocycles. The molecule has 1 rings (SSSR count). The molecule has 0 aromatic heterocycles. The predicted octanol–water partition coefficient (Wildman–Crippen LogP) is 3.70. The zero-order chi connectivity index (χ0) is 14.3. The van der Waals surface area contributed by atoms with E-state index in [4.69, 9.17) is 0 Å². The summed E-state index contributed by atoms with van der Waals surface area (Å²) in [5.41, 5.74) is 1.20. The van der Waals surface area contributed by atoms with Crippen molar-refractivity contribution in [2.75, 3.05) is 6.54 Å². The van der Waals surface area contributed by atoms with Crippen molar-refractivity contribution in [2.24, 2.45) is 0 Å². The third-order valence-electron chi connectivity index (χ3n) is 2.97. The summed E-state index contributed by atoms with van der Waals surface area (Å²) in [7, 11) is 0. The zero-order valence-electron chi connectivity index (χ0n) is 11.8. The Hall–Kier alpha value is -1.00. The van der Waals surface area contributed by atoms with Crippen LogP contribution in [0.4, 0.5) is 0 Å². The molecular formula is C15H23NO2S. The molecule has 0 saturated carbocycles.